The normalized spacial score (nSPS) is 12.6. The third-order valence-electron chi connectivity index (χ3n) is 4.21. The van der Waals surface area contributed by atoms with Crippen LogP contribution in [0.15, 0.2) is 24.3 Å². The number of aliphatic hydroxyl groups excluding tert-OH is 1. The molecule has 0 bridgehead atoms. The number of aryl methyl sites for hydroxylation is 3. The maximum atomic E-state index is 10.8. The lowest BCUT2D eigenvalue weighted by atomic mass is 9.88. The van der Waals surface area contributed by atoms with Crippen molar-refractivity contribution >= 4 is 11.6 Å². The predicted octanol–water partition coefficient (Wildman–Crippen LogP) is 4.96. The van der Waals surface area contributed by atoms with E-state index in [0.29, 0.717) is 5.02 Å². The fraction of sp³-hybridized carbons (Fsp3) is 0.333. The van der Waals surface area contributed by atoms with E-state index in [2.05, 4.69) is 33.8 Å². The molecule has 0 saturated carbocycles. The molecule has 0 radical (unpaired) electrons. The van der Waals surface area contributed by atoms with Gasteiger partial charge in [0.05, 0.1) is 0 Å². The van der Waals surface area contributed by atoms with E-state index in [-0.39, 0.29) is 0 Å². The number of hydrogen-bond donors (Lipinski definition) is 1. The Kier molecular flexibility index (Phi) is 4.22. The Morgan fingerprint density at radius 1 is 0.850 bits per heavy atom. The minimum Gasteiger partial charge on any atom is -0.384 e. The second kappa shape index (κ2) is 5.59. The summed E-state index contributed by atoms with van der Waals surface area (Å²) in [5, 5.41) is 11.5. The van der Waals surface area contributed by atoms with Gasteiger partial charge in [-0.05, 0) is 79.6 Å². The molecule has 20 heavy (non-hydrogen) atoms. The van der Waals surface area contributed by atoms with Crippen LogP contribution >= 0.6 is 11.6 Å². The summed E-state index contributed by atoms with van der Waals surface area (Å²) in [5.41, 5.74) is 7.59. The molecule has 1 N–H and O–H groups in total. The molecule has 0 amide bonds. The smallest absolute Gasteiger partial charge is 0.105 e. The Labute approximate surface area is 126 Å². The Bertz CT molecular complexity index is 633. The molecule has 2 heteroatoms. The summed E-state index contributed by atoms with van der Waals surface area (Å²) in [6, 6.07) is 7.93. The molecule has 0 aromatic heterocycles. The van der Waals surface area contributed by atoms with Gasteiger partial charge < -0.3 is 5.11 Å². The van der Waals surface area contributed by atoms with Gasteiger partial charge >= 0.3 is 0 Å². The number of hydrogen-bond acceptors (Lipinski definition) is 1. The molecule has 2 aromatic rings. The lowest BCUT2D eigenvalue weighted by molar-refractivity contribution is 0.218. The summed E-state index contributed by atoms with van der Waals surface area (Å²) < 4.78 is 0. The Hall–Kier alpha value is -1.31. The molecule has 0 aliphatic rings. The highest BCUT2D eigenvalue weighted by Crippen LogP contribution is 2.32. The highest BCUT2D eigenvalue weighted by atomic mass is 35.5. The van der Waals surface area contributed by atoms with Gasteiger partial charge in [-0.15, -0.1) is 0 Å². The van der Waals surface area contributed by atoms with E-state index in [1.807, 2.05) is 25.1 Å². The van der Waals surface area contributed by atoms with Gasteiger partial charge in [0.15, 0.2) is 0 Å². The van der Waals surface area contributed by atoms with E-state index >= 15 is 0 Å². The summed E-state index contributed by atoms with van der Waals surface area (Å²) in [5.74, 6) is 0. The van der Waals surface area contributed by atoms with Crippen LogP contribution in [0.25, 0.3) is 0 Å². The van der Waals surface area contributed by atoms with Gasteiger partial charge in [-0.2, -0.15) is 0 Å². The van der Waals surface area contributed by atoms with Crippen molar-refractivity contribution in [1.29, 1.82) is 0 Å². The van der Waals surface area contributed by atoms with Gasteiger partial charge in [0.2, 0.25) is 0 Å². The first kappa shape index (κ1) is 15.1. The summed E-state index contributed by atoms with van der Waals surface area (Å²) in [6.07, 6.45) is -0.633. The molecule has 0 fully saturated rings. The van der Waals surface area contributed by atoms with Gasteiger partial charge in [-0.1, -0.05) is 29.8 Å². The number of aliphatic hydroxyl groups is 1. The molecule has 1 atom stereocenters. The second-order valence-corrected chi connectivity index (χ2v) is 5.99. The fourth-order valence-electron chi connectivity index (χ4n) is 2.60. The maximum Gasteiger partial charge on any atom is 0.105 e. The van der Waals surface area contributed by atoms with Crippen molar-refractivity contribution in [2.75, 3.05) is 0 Å². The van der Waals surface area contributed by atoms with E-state index in [1.54, 1.807) is 0 Å². The fourth-order valence-corrected chi connectivity index (χ4v) is 2.79. The van der Waals surface area contributed by atoms with Crippen LogP contribution in [0, 0.1) is 34.6 Å². The van der Waals surface area contributed by atoms with Crippen LogP contribution in [0.2, 0.25) is 5.02 Å². The molecule has 2 aromatic carbocycles. The number of rotatable bonds is 2. The van der Waals surface area contributed by atoms with Crippen LogP contribution in [0.3, 0.4) is 0 Å². The molecule has 0 aliphatic carbocycles. The predicted molar refractivity (Wildman–Crippen MR) is 85.6 cm³/mol. The molecular weight excluding hydrogens is 268 g/mol. The zero-order valence-corrected chi connectivity index (χ0v) is 13.5. The third kappa shape index (κ3) is 2.61. The van der Waals surface area contributed by atoms with E-state index in [9.17, 15) is 5.11 Å². The molecule has 0 heterocycles. The monoisotopic (exact) mass is 288 g/mol. The van der Waals surface area contributed by atoms with Crippen LogP contribution in [-0.2, 0) is 0 Å². The summed E-state index contributed by atoms with van der Waals surface area (Å²) in [6.45, 7) is 10.3. The van der Waals surface area contributed by atoms with Crippen LogP contribution in [-0.4, -0.2) is 5.11 Å². The Morgan fingerprint density at radius 3 is 1.90 bits per heavy atom. The lowest BCUT2D eigenvalue weighted by Gasteiger charge is -2.21. The molecular formula is C18H21ClO. The molecule has 0 aliphatic heterocycles. The summed E-state index contributed by atoms with van der Waals surface area (Å²) in [7, 11) is 0. The van der Waals surface area contributed by atoms with Crippen molar-refractivity contribution in [2.24, 2.45) is 0 Å². The average molecular weight is 289 g/mol. The van der Waals surface area contributed by atoms with E-state index in [4.69, 9.17) is 11.6 Å². The highest BCUT2D eigenvalue weighted by Gasteiger charge is 2.18. The average Bonchev–Trinajstić information content (AvgIpc) is 2.40. The standard InChI is InChI=1S/C18H21ClO/c1-10-6-7-15(9-16(10)19)18(20)17-13(4)11(2)8-12(3)14(17)5/h6-9,18,20H,1-5H3. The Balaban J connectivity index is 2.58. The maximum absolute atomic E-state index is 10.8. The van der Waals surface area contributed by atoms with E-state index < -0.39 is 6.10 Å². The molecule has 1 nitrogen and oxygen atoms in total. The van der Waals surface area contributed by atoms with Gasteiger partial charge in [0.1, 0.15) is 6.10 Å². The van der Waals surface area contributed by atoms with E-state index in [0.717, 1.165) is 27.8 Å². The largest absolute Gasteiger partial charge is 0.384 e. The quantitative estimate of drug-likeness (QED) is 0.828. The minimum absolute atomic E-state index is 0.633. The molecule has 2 rings (SSSR count). The van der Waals surface area contributed by atoms with Gasteiger partial charge in [-0.25, -0.2) is 0 Å². The van der Waals surface area contributed by atoms with Crippen molar-refractivity contribution < 1.29 is 5.11 Å². The highest BCUT2D eigenvalue weighted by molar-refractivity contribution is 6.31. The van der Waals surface area contributed by atoms with E-state index in [1.165, 1.54) is 11.1 Å². The molecule has 0 spiro atoms. The van der Waals surface area contributed by atoms with Crippen LogP contribution in [0.4, 0.5) is 0 Å². The zero-order chi connectivity index (χ0) is 15.0. The van der Waals surface area contributed by atoms with Crippen molar-refractivity contribution in [3.8, 4) is 0 Å². The lowest BCUT2D eigenvalue weighted by Crippen LogP contribution is -2.07. The number of benzene rings is 2. The van der Waals surface area contributed by atoms with Gasteiger partial charge in [-0.3, -0.25) is 0 Å². The summed E-state index contributed by atoms with van der Waals surface area (Å²) >= 11 is 6.18. The zero-order valence-electron chi connectivity index (χ0n) is 12.7. The Morgan fingerprint density at radius 2 is 1.40 bits per heavy atom. The van der Waals surface area contributed by atoms with Crippen molar-refractivity contribution in [2.45, 2.75) is 40.7 Å². The van der Waals surface area contributed by atoms with Crippen LogP contribution in [0.1, 0.15) is 45.0 Å². The molecule has 106 valence electrons. The van der Waals surface area contributed by atoms with Gasteiger partial charge in [0.25, 0.3) is 0 Å². The van der Waals surface area contributed by atoms with Crippen molar-refractivity contribution in [3.63, 3.8) is 0 Å². The third-order valence-corrected chi connectivity index (χ3v) is 4.62. The van der Waals surface area contributed by atoms with Crippen LogP contribution < -0.4 is 0 Å². The van der Waals surface area contributed by atoms with Gasteiger partial charge in [0, 0.05) is 5.02 Å². The SMILES string of the molecule is Cc1ccc(C(O)c2c(C)c(C)cc(C)c2C)cc1Cl. The number of halogens is 1. The van der Waals surface area contributed by atoms with Crippen LogP contribution in [0.5, 0.6) is 0 Å². The van der Waals surface area contributed by atoms with Crippen molar-refractivity contribution in [3.05, 3.63) is 68.2 Å². The first-order valence-corrected chi connectivity index (χ1v) is 7.22. The first-order chi connectivity index (χ1) is 9.32. The minimum atomic E-state index is -0.633. The first-order valence-electron chi connectivity index (χ1n) is 6.84. The topological polar surface area (TPSA) is 20.2 Å². The second-order valence-electron chi connectivity index (χ2n) is 5.59. The molecule has 0 saturated heterocycles. The molecule has 1 unspecified atom stereocenters. The van der Waals surface area contributed by atoms with Crippen molar-refractivity contribution in [1.82, 2.24) is 0 Å². The summed E-state index contributed by atoms with van der Waals surface area (Å²) in [4.78, 5) is 0.